The van der Waals surface area contributed by atoms with Gasteiger partial charge in [0, 0.05) is 5.69 Å². The van der Waals surface area contributed by atoms with E-state index < -0.39 is 5.97 Å². The van der Waals surface area contributed by atoms with E-state index in [4.69, 9.17) is 9.84 Å². The minimum atomic E-state index is -0.849. The summed E-state index contributed by atoms with van der Waals surface area (Å²) in [5, 5.41) is 15.1. The molecule has 1 unspecified atom stereocenters. The number of hydrogen-bond donors (Lipinski definition) is 3. The average molecular weight is 344 g/mol. The van der Waals surface area contributed by atoms with Crippen LogP contribution in [0.15, 0.2) is 30.4 Å². The van der Waals surface area contributed by atoms with E-state index in [1.807, 2.05) is 12.1 Å². The van der Waals surface area contributed by atoms with Crippen molar-refractivity contribution < 1.29 is 19.4 Å². The zero-order chi connectivity index (χ0) is 17.6. The number of hydrogen-bond acceptors (Lipinski definition) is 4. The van der Waals surface area contributed by atoms with Gasteiger partial charge in [-0.3, -0.25) is 9.59 Å². The summed E-state index contributed by atoms with van der Waals surface area (Å²) in [6.07, 6.45) is 6.91. The number of amides is 1. The van der Waals surface area contributed by atoms with E-state index in [1.165, 1.54) is 0 Å². The van der Waals surface area contributed by atoms with Gasteiger partial charge in [-0.15, -0.1) is 0 Å². The van der Waals surface area contributed by atoms with Crippen molar-refractivity contribution in [1.29, 1.82) is 0 Å². The van der Waals surface area contributed by atoms with E-state index in [0.29, 0.717) is 18.1 Å². The van der Waals surface area contributed by atoms with Crippen molar-refractivity contribution in [3.8, 4) is 5.75 Å². The summed E-state index contributed by atoms with van der Waals surface area (Å²) in [6, 6.07) is 5.50. The Labute approximate surface area is 147 Å². The molecule has 1 aromatic carbocycles. The zero-order valence-electron chi connectivity index (χ0n) is 14.2. The fourth-order valence-corrected chi connectivity index (χ4v) is 3.31. The summed E-state index contributed by atoms with van der Waals surface area (Å²) >= 11 is 0. The normalized spacial score (nSPS) is 20.7. The molecule has 1 saturated heterocycles. The summed E-state index contributed by atoms with van der Waals surface area (Å²) in [6.45, 7) is 2.01. The highest BCUT2D eigenvalue weighted by molar-refractivity contribution is 5.99. The highest BCUT2D eigenvalue weighted by Gasteiger charge is 2.22. The summed E-state index contributed by atoms with van der Waals surface area (Å²) in [4.78, 5) is 22.9. The maximum atomic E-state index is 12.1. The average Bonchev–Trinajstić information content (AvgIpc) is 2.60. The Balaban J connectivity index is 1.56. The summed E-state index contributed by atoms with van der Waals surface area (Å²) < 4.78 is 5.72. The number of nitrogens with one attached hydrogen (secondary N) is 2. The second-order valence-corrected chi connectivity index (χ2v) is 6.63. The molecule has 2 aliphatic heterocycles. The van der Waals surface area contributed by atoms with Gasteiger partial charge >= 0.3 is 5.97 Å². The Morgan fingerprint density at radius 3 is 2.84 bits per heavy atom. The maximum Gasteiger partial charge on any atom is 0.307 e. The van der Waals surface area contributed by atoms with Crippen molar-refractivity contribution in [1.82, 2.24) is 5.32 Å². The minimum absolute atomic E-state index is 0.0133. The predicted octanol–water partition coefficient (Wildman–Crippen LogP) is 2.35. The molecule has 2 aliphatic rings. The fraction of sp³-hybridized carbons (Fsp3) is 0.474. The van der Waals surface area contributed by atoms with Crippen LogP contribution >= 0.6 is 0 Å². The molecule has 3 N–H and O–H groups in total. The molecular weight excluding hydrogens is 320 g/mol. The van der Waals surface area contributed by atoms with Crippen LogP contribution in [0.25, 0.3) is 0 Å². The molecule has 0 saturated carbocycles. The van der Waals surface area contributed by atoms with Gasteiger partial charge in [0.1, 0.15) is 11.9 Å². The first-order valence-electron chi connectivity index (χ1n) is 8.81. The highest BCUT2D eigenvalue weighted by atomic mass is 16.5. The number of rotatable bonds is 5. The first kappa shape index (κ1) is 17.5. The third-order valence-corrected chi connectivity index (χ3v) is 4.66. The molecule has 0 radical (unpaired) electrons. The molecule has 1 atom stereocenters. The summed E-state index contributed by atoms with van der Waals surface area (Å²) in [5.41, 5.74) is 1.74. The van der Waals surface area contributed by atoms with Gasteiger partial charge in [0.2, 0.25) is 5.91 Å². The maximum absolute atomic E-state index is 12.1. The van der Waals surface area contributed by atoms with E-state index in [2.05, 4.69) is 10.6 Å². The molecule has 25 heavy (non-hydrogen) atoms. The van der Waals surface area contributed by atoms with Gasteiger partial charge in [-0.2, -0.15) is 0 Å². The van der Waals surface area contributed by atoms with Gasteiger partial charge in [0.25, 0.3) is 0 Å². The number of aliphatic carboxylic acids is 1. The standard InChI is InChI=1S/C19H24N2O4/c22-18(6-1-13-7-9-20-10-8-13)21-15-3-5-17-14(11-15)2-4-16(25-17)12-19(23)24/h1,3,5-6,11,13,16,20H,2,4,7-10,12H2,(H,21,22)(H,23,24)/b6-1+. The van der Waals surface area contributed by atoms with Crippen molar-refractivity contribution in [3.05, 3.63) is 35.9 Å². The number of aryl methyl sites for hydroxylation is 1. The number of carboxylic acids is 1. The molecule has 6 heteroatoms. The van der Waals surface area contributed by atoms with E-state index in [1.54, 1.807) is 18.2 Å². The molecule has 1 amide bonds. The molecule has 0 spiro atoms. The van der Waals surface area contributed by atoms with Crippen LogP contribution in [0.5, 0.6) is 5.75 Å². The van der Waals surface area contributed by atoms with Crippen LogP contribution < -0.4 is 15.4 Å². The van der Waals surface area contributed by atoms with Gasteiger partial charge < -0.3 is 20.5 Å². The second kappa shape index (κ2) is 8.16. The van der Waals surface area contributed by atoms with Crippen molar-refractivity contribution in [3.63, 3.8) is 0 Å². The Morgan fingerprint density at radius 2 is 2.08 bits per heavy atom. The van der Waals surface area contributed by atoms with Crippen LogP contribution in [-0.4, -0.2) is 36.2 Å². The highest BCUT2D eigenvalue weighted by Crippen LogP contribution is 2.31. The largest absolute Gasteiger partial charge is 0.490 e. The van der Waals surface area contributed by atoms with Crippen LogP contribution in [0, 0.1) is 5.92 Å². The van der Waals surface area contributed by atoms with Crippen molar-refractivity contribution >= 4 is 17.6 Å². The van der Waals surface area contributed by atoms with Crippen molar-refractivity contribution in [2.45, 2.75) is 38.2 Å². The van der Waals surface area contributed by atoms with Gasteiger partial charge in [0.05, 0.1) is 6.42 Å². The van der Waals surface area contributed by atoms with Crippen molar-refractivity contribution in [2.24, 2.45) is 5.92 Å². The number of fused-ring (bicyclic) bond motifs is 1. The molecule has 2 heterocycles. The summed E-state index contributed by atoms with van der Waals surface area (Å²) in [5.74, 6) is 0.202. The third-order valence-electron chi connectivity index (χ3n) is 4.66. The van der Waals surface area contributed by atoms with Crippen LogP contribution in [0.4, 0.5) is 5.69 Å². The lowest BCUT2D eigenvalue weighted by molar-refractivity contribution is -0.139. The molecule has 1 aromatic rings. The lowest BCUT2D eigenvalue weighted by Crippen LogP contribution is -2.27. The summed E-state index contributed by atoms with van der Waals surface area (Å²) in [7, 11) is 0. The number of carboxylic acid groups (broad SMARTS) is 1. The number of carbonyl (C=O) groups is 2. The zero-order valence-corrected chi connectivity index (χ0v) is 14.2. The van der Waals surface area contributed by atoms with Crippen LogP contribution in [0.1, 0.15) is 31.2 Å². The number of carbonyl (C=O) groups excluding carboxylic acids is 1. The first-order valence-corrected chi connectivity index (χ1v) is 8.81. The molecule has 6 nitrogen and oxygen atoms in total. The van der Waals surface area contributed by atoms with Crippen LogP contribution in [0.3, 0.4) is 0 Å². The molecule has 0 aliphatic carbocycles. The predicted molar refractivity (Wildman–Crippen MR) is 94.8 cm³/mol. The Hall–Kier alpha value is -2.34. The number of anilines is 1. The van der Waals surface area contributed by atoms with E-state index in [0.717, 1.165) is 43.6 Å². The lowest BCUT2D eigenvalue weighted by atomic mass is 9.98. The van der Waals surface area contributed by atoms with Crippen LogP contribution in [0.2, 0.25) is 0 Å². The topological polar surface area (TPSA) is 87.7 Å². The van der Waals surface area contributed by atoms with Crippen molar-refractivity contribution in [2.75, 3.05) is 18.4 Å². The molecule has 0 aromatic heterocycles. The Bertz CT molecular complexity index is 665. The molecule has 0 bridgehead atoms. The Kier molecular flexibility index (Phi) is 5.71. The second-order valence-electron chi connectivity index (χ2n) is 6.63. The SMILES string of the molecule is O=C(O)CC1CCc2cc(NC(=O)/C=C/C3CCNCC3)ccc2O1. The van der Waals surface area contributed by atoms with Crippen LogP contribution in [-0.2, 0) is 16.0 Å². The minimum Gasteiger partial charge on any atom is -0.490 e. The molecular formula is C19H24N2O4. The Morgan fingerprint density at radius 1 is 1.28 bits per heavy atom. The number of allylic oxidation sites excluding steroid dienone is 1. The lowest BCUT2D eigenvalue weighted by Gasteiger charge is -2.25. The van der Waals surface area contributed by atoms with E-state index in [9.17, 15) is 9.59 Å². The van der Waals surface area contributed by atoms with Gasteiger partial charge in [0.15, 0.2) is 0 Å². The number of piperidine rings is 1. The van der Waals surface area contributed by atoms with E-state index >= 15 is 0 Å². The fourth-order valence-electron chi connectivity index (χ4n) is 3.31. The molecule has 3 rings (SSSR count). The quantitative estimate of drug-likeness (QED) is 0.714. The number of ether oxygens (including phenoxy) is 1. The van der Waals surface area contributed by atoms with E-state index in [-0.39, 0.29) is 18.4 Å². The number of benzene rings is 1. The van der Waals surface area contributed by atoms with Gasteiger partial charge in [-0.25, -0.2) is 0 Å². The third kappa shape index (κ3) is 5.06. The monoisotopic (exact) mass is 344 g/mol. The van der Waals surface area contributed by atoms with Gasteiger partial charge in [-0.05, 0) is 74.5 Å². The van der Waals surface area contributed by atoms with Gasteiger partial charge in [-0.1, -0.05) is 6.08 Å². The smallest absolute Gasteiger partial charge is 0.307 e. The molecule has 1 fully saturated rings. The molecule has 134 valence electrons. The first-order chi connectivity index (χ1) is 12.1.